The fourth-order valence-electron chi connectivity index (χ4n) is 2.46. The predicted molar refractivity (Wildman–Crippen MR) is 84.4 cm³/mol. The molecular weight excluding hydrogens is 298 g/mol. The number of aliphatic carboxylic acids is 1. The molecular formula is C17H19NO5. The third-order valence-corrected chi connectivity index (χ3v) is 3.55. The lowest BCUT2D eigenvalue weighted by Crippen LogP contribution is -2.16. The molecule has 0 fully saturated rings. The van der Waals surface area contributed by atoms with Crippen molar-refractivity contribution in [1.29, 1.82) is 0 Å². The highest BCUT2D eigenvalue weighted by molar-refractivity contribution is 5.79. The highest BCUT2D eigenvalue weighted by atomic mass is 16.5. The molecule has 1 heterocycles. The number of hydrogen-bond acceptors (Lipinski definition) is 5. The van der Waals surface area contributed by atoms with E-state index in [1.807, 2.05) is 6.07 Å². The third kappa shape index (κ3) is 3.53. The molecule has 2 rings (SSSR count). The Bertz CT molecular complexity index is 672. The van der Waals surface area contributed by atoms with E-state index >= 15 is 0 Å². The Morgan fingerprint density at radius 2 is 1.83 bits per heavy atom. The van der Waals surface area contributed by atoms with Crippen LogP contribution in [-0.2, 0) is 11.2 Å². The van der Waals surface area contributed by atoms with Crippen LogP contribution in [0.25, 0.3) is 0 Å². The van der Waals surface area contributed by atoms with Crippen molar-refractivity contribution < 1.29 is 24.1 Å². The van der Waals surface area contributed by atoms with Gasteiger partial charge in [0.1, 0.15) is 0 Å². The molecule has 0 bridgehead atoms. The van der Waals surface area contributed by atoms with Crippen molar-refractivity contribution in [3.63, 3.8) is 0 Å². The maximum atomic E-state index is 11.8. The first kappa shape index (κ1) is 16.6. The van der Waals surface area contributed by atoms with Gasteiger partial charge in [0, 0.05) is 23.9 Å². The molecule has 1 aromatic carbocycles. The molecule has 23 heavy (non-hydrogen) atoms. The standard InChI is InChI=1S/C17H19NO5/c1-21-14-8-7-12(15(22-2)16(14)23-3)13(17(19)20)10-11-6-4-5-9-18-11/h4-9,13H,10H2,1-3H3,(H,19,20). The second-order valence-corrected chi connectivity index (χ2v) is 4.84. The first-order valence-electron chi connectivity index (χ1n) is 7.04. The highest BCUT2D eigenvalue weighted by Gasteiger charge is 2.28. The van der Waals surface area contributed by atoms with Crippen molar-refractivity contribution in [1.82, 2.24) is 4.98 Å². The summed E-state index contributed by atoms with van der Waals surface area (Å²) in [5, 5.41) is 9.64. The van der Waals surface area contributed by atoms with Crippen LogP contribution in [0.4, 0.5) is 0 Å². The number of rotatable bonds is 7. The van der Waals surface area contributed by atoms with E-state index in [9.17, 15) is 9.90 Å². The quantitative estimate of drug-likeness (QED) is 0.845. The van der Waals surface area contributed by atoms with Gasteiger partial charge in [-0.2, -0.15) is 0 Å². The topological polar surface area (TPSA) is 77.9 Å². The number of nitrogens with zero attached hydrogens (tertiary/aromatic N) is 1. The van der Waals surface area contributed by atoms with Crippen LogP contribution in [0, 0.1) is 0 Å². The van der Waals surface area contributed by atoms with Gasteiger partial charge in [-0.25, -0.2) is 0 Å². The summed E-state index contributed by atoms with van der Waals surface area (Å²) in [5.74, 6) is -0.550. The maximum absolute atomic E-state index is 11.8. The van der Waals surface area contributed by atoms with E-state index in [2.05, 4.69) is 4.98 Å². The van der Waals surface area contributed by atoms with Gasteiger partial charge in [0.25, 0.3) is 0 Å². The van der Waals surface area contributed by atoms with Crippen LogP contribution >= 0.6 is 0 Å². The van der Waals surface area contributed by atoms with Crippen molar-refractivity contribution in [2.45, 2.75) is 12.3 Å². The summed E-state index contributed by atoms with van der Waals surface area (Å²) in [6, 6.07) is 8.76. The van der Waals surface area contributed by atoms with E-state index in [0.717, 1.165) is 0 Å². The highest BCUT2D eigenvalue weighted by Crippen LogP contribution is 2.43. The number of aromatic nitrogens is 1. The Balaban J connectivity index is 2.49. The number of methoxy groups -OCH3 is 3. The Kier molecular flexibility index (Phi) is 5.41. The van der Waals surface area contributed by atoms with Gasteiger partial charge in [0.2, 0.25) is 5.75 Å². The minimum absolute atomic E-state index is 0.252. The summed E-state index contributed by atoms with van der Waals surface area (Å²) in [5.41, 5.74) is 1.21. The molecule has 1 atom stereocenters. The minimum Gasteiger partial charge on any atom is -0.493 e. The molecule has 2 aromatic rings. The van der Waals surface area contributed by atoms with E-state index in [-0.39, 0.29) is 6.42 Å². The number of pyridine rings is 1. The molecule has 0 aliphatic heterocycles. The number of ether oxygens (including phenoxy) is 3. The van der Waals surface area contributed by atoms with Gasteiger partial charge in [-0.3, -0.25) is 9.78 Å². The molecule has 0 radical (unpaired) electrons. The van der Waals surface area contributed by atoms with Crippen molar-refractivity contribution in [2.75, 3.05) is 21.3 Å². The molecule has 6 heteroatoms. The fraction of sp³-hybridized carbons (Fsp3) is 0.294. The van der Waals surface area contributed by atoms with Crippen molar-refractivity contribution in [3.8, 4) is 17.2 Å². The van der Waals surface area contributed by atoms with Crippen molar-refractivity contribution >= 4 is 5.97 Å². The van der Waals surface area contributed by atoms with Crippen LogP contribution in [0.15, 0.2) is 36.5 Å². The van der Waals surface area contributed by atoms with E-state index in [1.165, 1.54) is 21.3 Å². The number of hydrogen-bond donors (Lipinski definition) is 1. The fourth-order valence-corrected chi connectivity index (χ4v) is 2.46. The second kappa shape index (κ2) is 7.49. The van der Waals surface area contributed by atoms with E-state index in [4.69, 9.17) is 14.2 Å². The molecule has 122 valence electrons. The number of carbonyl (C=O) groups is 1. The largest absolute Gasteiger partial charge is 0.493 e. The second-order valence-electron chi connectivity index (χ2n) is 4.84. The van der Waals surface area contributed by atoms with Gasteiger partial charge in [0.15, 0.2) is 11.5 Å². The van der Waals surface area contributed by atoms with Gasteiger partial charge < -0.3 is 19.3 Å². The number of carboxylic acids is 1. The van der Waals surface area contributed by atoms with Crippen LogP contribution in [0.1, 0.15) is 17.2 Å². The van der Waals surface area contributed by atoms with E-state index in [0.29, 0.717) is 28.5 Å². The van der Waals surface area contributed by atoms with Gasteiger partial charge in [-0.05, 0) is 18.2 Å². The Morgan fingerprint density at radius 3 is 2.35 bits per heavy atom. The van der Waals surface area contributed by atoms with Crippen molar-refractivity contribution in [2.24, 2.45) is 0 Å². The number of benzene rings is 1. The third-order valence-electron chi connectivity index (χ3n) is 3.55. The van der Waals surface area contributed by atoms with Crippen LogP contribution in [0.5, 0.6) is 17.2 Å². The smallest absolute Gasteiger partial charge is 0.311 e. The van der Waals surface area contributed by atoms with E-state index in [1.54, 1.807) is 30.5 Å². The molecule has 6 nitrogen and oxygen atoms in total. The zero-order chi connectivity index (χ0) is 16.8. The predicted octanol–water partition coefficient (Wildman–Crippen LogP) is 2.52. The van der Waals surface area contributed by atoms with Gasteiger partial charge in [0.05, 0.1) is 27.2 Å². The van der Waals surface area contributed by atoms with Crippen molar-refractivity contribution in [3.05, 3.63) is 47.8 Å². The summed E-state index contributed by atoms with van der Waals surface area (Å²) in [4.78, 5) is 16.0. The Hall–Kier alpha value is -2.76. The van der Waals surface area contributed by atoms with Crippen LogP contribution in [0.3, 0.4) is 0 Å². The lowest BCUT2D eigenvalue weighted by atomic mass is 9.92. The molecule has 0 aliphatic carbocycles. The maximum Gasteiger partial charge on any atom is 0.311 e. The molecule has 0 amide bonds. The monoisotopic (exact) mass is 317 g/mol. The lowest BCUT2D eigenvalue weighted by Gasteiger charge is -2.19. The SMILES string of the molecule is COc1ccc(C(Cc2ccccn2)C(=O)O)c(OC)c1OC. The molecule has 0 aliphatic rings. The Labute approximate surface area is 134 Å². The first-order valence-corrected chi connectivity index (χ1v) is 7.04. The summed E-state index contributed by atoms with van der Waals surface area (Å²) in [6.45, 7) is 0. The average Bonchev–Trinajstić information content (AvgIpc) is 2.58. The summed E-state index contributed by atoms with van der Waals surface area (Å²) >= 11 is 0. The molecule has 0 saturated carbocycles. The van der Waals surface area contributed by atoms with Gasteiger partial charge >= 0.3 is 5.97 Å². The average molecular weight is 317 g/mol. The molecule has 0 spiro atoms. The van der Waals surface area contributed by atoms with E-state index < -0.39 is 11.9 Å². The lowest BCUT2D eigenvalue weighted by molar-refractivity contribution is -0.138. The minimum atomic E-state index is -0.957. The first-order chi connectivity index (χ1) is 11.1. The molecule has 1 unspecified atom stereocenters. The normalized spacial score (nSPS) is 11.6. The van der Waals surface area contributed by atoms with Gasteiger partial charge in [-0.1, -0.05) is 12.1 Å². The summed E-state index contributed by atoms with van der Waals surface area (Å²) in [7, 11) is 4.47. The zero-order valence-corrected chi connectivity index (χ0v) is 13.3. The van der Waals surface area contributed by atoms with Crippen LogP contribution in [-0.4, -0.2) is 37.4 Å². The molecule has 0 saturated heterocycles. The summed E-state index contributed by atoms with van der Waals surface area (Å²) in [6.07, 6.45) is 1.89. The van der Waals surface area contributed by atoms with Gasteiger partial charge in [-0.15, -0.1) is 0 Å². The Morgan fingerprint density at radius 1 is 1.09 bits per heavy atom. The van der Waals surface area contributed by atoms with Crippen LogP contribution in [0.2, 0.25) is 0 Å². The van der Waals surface area contributed by atoms with Crippen LogP contribution < -0.4 is 14.2 Å². The number of carboxylic acid groups (broad SMARTS) is 1. The zero-order valence-electron chi connectivity index (χ0n) is 13.3. The summed E-state index contributed by atoms with van der Waals surface area (Å²) < 4.78 is 15.9. The molecule has 1 aromatic heterocycles. The molecule has 1 N–H and O–H groups in total.